The van der Waals surface area contributed by atoms with Crippen LogP contribution in [0.15, 0.2) is 4.52 Å². The molecule has 2 atom stereocenters. The maximum absolute atomic E-state index is 5.58. The van der Waals surface area contributed by atoms with Gasteiger partial charge >= 0.3 is 0 Å². The summed E-state index contributed by atoms with van der Waals surface area (Å²) in [5, 5.41) is 4.21. The fourth-order valence-electron chi connectivity index (χ4n) is 2.85. The van der Waals surface area contributed by atoms with Gasteiger partial charge in [0.05, 0.1) is 6.04 Å². The quantitative estimate of drug-likeness (QED) is 0.853. The van der Waals surface area contributed by atoms with Gasteiger partial charge in [-0.1, -0.05) is 12.1 Å². The molecule has 6 nitrogen and oxygen atoms in total. The smallest absolute Gasteiger partial charge is 0.226 e. The van der Waals surface area contributed by atoms with Gasteiger partial charge in [0.15, 0.2) is 5.82 Å². The standard InChI is InChI=1S/C15H29N5O/c1-12(7-8-16)5-6-14-17-15(18-21-14)13-11-19(2)9-4-10-20(13)3/h12-13H,4-11,16H2,1-3H3. The zero-order valence-electron chi connectivity index (χ0n) is 13.6. The monoisotopic (exact) mass is 295 g/mol. The summed E-state index contributed by atoms with van der Waals surface area (Å²) in [6.07, 6.45) is 4.14. The van der Waals surface area contributed by atoms with Crippen molar-refractivity contribution >= 4 is 0 Å². The Labute approximate surface area is 127 Å². The molecule has 1 aromatic rings. The Hall–Kier alpha value is -0.980. The normalized spacial score (nSPS) is 23.1. The van der Waals surface area contributed by atoms with Gasteiger partial charge in [-0.2, -0.15) is 4.98 Å². The van der Waals surface area contributed by atoms with E-state index in [9.17, 15) is 0 Å². The van der Waals surface area contributed by atoms with Crippen molar-refractivity contribution in [2.75, 3.05) is 40.3 Å². The fourth-order valence-corrected chi connectivity index (χ4v) is 2.85. The lowest BCUT2D eigenvalue weighted by molar-refractivity contribution is 0.214. The first-order chi connectivity index (χ1) is 10.1. The Balaban J connectivity index is 1.94. The van der Waals surface area contributed by atoms with Crippen LogP contribution in [0, 0.1) is 5.92 Å². The van der Waals surface area contributed by atoms with Crippen LogP contribution in [-0.4, -0.2) is 60.2 Å². The number of likely N-dealkylation sites (N-methyl/N-ethyl adjacent to an activating group) is 2. The van der Waals surface area contributed by atoms with Gasteiger partial charge in [0.1, 0.15) is 0 Å². The molecule has 120 valence electrons. The first kappa shape index (κ1) is 16.4. The van der Waals surface area contributed by atoms with Gasteiger partial charge in [-0.25, -0.2) is 0 Å². The van der Waals surface area contributed by atoms with E-state index >= 15 is 0 Å². The molecule has 2 unspecified atom stereocenters. The molecule has 6 heteroatoms. The molecular formula is C15H29N5O. The zero-order chi connectivity index (χ0) is 15.2. The average Bonchev–Trinajstić information content (AvgIpc) is 2.84. The van der Waals surface area contributed by atoms with Crippen LogP contribution in [0.5, 0.6) is 0 Å². The molecule has 1 aliphatic heterocycles. The maximum Gasteiger partial charge on any atom is 0.226 e. The van der Waals surface area contributed by atoms with E-state index in [0.29, 0.717) is 5.92 Å². The van der Waals surface area contributed by atoms with E-state index in [1.807, 2.05) is 0 Å². The van der Waals surface area contributed by atoms with Crippen molar-refractivity contribution in [2.45, 2.75) is 38.6 Å². The van der Waals surface area contributed by atoms with E-state index in [1.165, 1.54) is 6.42 Å². The molecule has 1 aliphatic rings. The van der Waals surface area contributed by atoms with Gasteiger partial charge < -0.3 is 15.2 Å². The molecule has 0 aliphatic carbocycles. The summed E-state index contributed by atoms with van der Waals surface area (Å²) in [5.74, 6) is 2.19. The molecule has 0 saturated carbocycles. The predicted octanol–water partition coefficient (Wildman–Crippen LogP) is 1.30. The largest absolute Gasteiger partial charge is 0.339 e. The van der Waals surface area contributed by atoms with Crippen molar-refractivity contribution in [3.8, 4) is 0 Å². The summed E-state index contributed by atoms with van der Waals surface area (Å²) in [5.41, 5.74) is 5.58. The lowest BCUT2D eigenvalue weighted by Crippen LogP contribution is -2.31. The summed E-state index contributed by atoms with van der Waals surface area (Å²) >= 11 is 0. The summed E-state index contributed by atoms with van der Waals surface area (Å²) in [4.78, 5) is 9.28. The highest BCUT2D eigenvalue weighted by atomic mass is 16.5. The van der Waals surface area contributed by atoms with Gasteiger partial charge in [0, 0.05) is 13.0 Å². The third-order valence-corrected chi connectivity index (χ3v) is 4.36. The summed E-state index contributed by atoms with van der Waals surface area (Å²) in [6, 6.07) is 0.233. The number of aryl methyl sites for hydroxylation is 1. The second-order valence-electron chi connectivity index (χ2n) is 6.38. The highest BCUT2D eigenvalue weighted by Crippen LogP contribution is 2.21. The third-order valence-electron chi connectivity index (χ3n) is 4.36. The molecule has 1 aromatic heterocycles. The molecule has 0 spiro atoms. The Morgan fingerprint density at radius 3 is 2.90 bits per heavy atom. The van der Waals surface area contributed by atoms with Crippen molar-refractivity contribution in [1.29, 1.82) is 0 Å². The van der Waals surface area contributed by atoms with Crippen LogP contribution in [0.3, 0.4) is 0 Å². The fraction of sp³-hybridized carbons (Fsp3) is 0.867. The minimum atomic E-state index is 0.233. The van der Waals surface area contributed by atoms with Crippen LogP contribution in [-0.2, 0) is 6.42 Å². The Morgan fingerprint density at radius 2 is 2.14 bits per heavy atom. The van der Waals surface area contributed by atoms with Crippen LogP contribution in [0.1, 0.15) is 43.9 Å². The number of nitrogens with two attached hydrogens (primary N) is 1. The van der Waals surface area contributed by atoms with E-state index in [0.717, 1.165) is 57.2 Å². The number of hydrogen-bond acceptors (Lipinski definition) is 6. The van der Waals surface area contributed by atoms with E-state index < -0.39 is 0 Å². The SMILES string of the molecule is CC(CCN)CCc1nc(C2CN(C)CCCN2C)no1. The van der Waals surface area contributed by atoms with Gasteiger partial charge in [0.2, 0.25) is 5.89 Å². The molecule has 2 heterocycles. The van der Waals surface area contributed by atoms with E-state index in [2.05, 4.69) is 41.0 Å². The van der Waals surface area contributed by atoms with Crippen LogP contribution in [0.25, 0.3) is 0 Å². The zero-order valence-corrected chi connectivity index (χ0v) is 13.6. The number of rotatable bonds is 6. The second-order valence-corrected chi connectivity index (χ2v) is 6.38. The van der Waals surface area contributed by atoms with Gasteiger partial charge in [-0.15, -0.1) is 0 Å². The molecule has 1 saturated heterocycles. The molecule has 21 heavy (non-hydrogen) atoms. The molecule has 0 radical (unpaired) electrons. The molecule has 2 rings (SSSR count). The second kappa shape index (κ2) is 7.87. The minimum absolute atomic E-state index is 0.233. The van der Waals surface area contributed by atoms with Crippen LogP contribution >= 0.6 is 0 Å². The van der Waals surface area contributed by atoms with Crippen molar-refractivity contribution < 1.29 is 4.52 Å². The molecule has 0 aromatic carbocycles. The summed E-state index contributed by atoms with van der Waals surface area (Å²) in [7, 11) is 4.30. The number of nitrogens with zero attached hydrogens (tertiary/aromatic N) is 4. The first-order valence-electron chi connectivity index (χ1n) is 8.01. The van der Waals surface area contributed by atoms with E-state index in [-0.39, 0.29) is 6.04 Å². The van der Waals surface area contributed by atoms with Crippen LogP contribution in [0.4, 0.5) is 0 Å². The van der Waals surface area contributed by atoms with E-state index in [4.69, 9.17) is 10.3 Å². The van der Waals surface area contributed by atoms with Crippen LogP contribution < -0.4 is 5.73 Å². The lowest BCUT2D eigenvalue weighted by atomic mass is 10.0. The molecular weight excluding hydrogens is 266 g/mol. The minimum Gasteiger partial charge on any atom is -0.339 e. The molecule has 2 N–H and O–H groups in total. The highest BCUT2D eigenvalue weighted by Gasteiger charge is 2.26. The summed E-state index contributed by atoms with van der Waals surface area (Å²) < 4.78 is 5.43. The van der Waals surface area contributed by atoms with Crippen molar-refractivity contribution in [2.24, 2.45) is 11.7 Å². The average molecular weight is 295 g/mol. The first-order valence-corrected chi connectivity index (χ1v) is 8.01. The number of aromatic nitrogens is 2. The molecule has 1 fully saturated rings. The summed E-state index contributed by atoms with van der Waals surface area (Å²) in [6.45, 7) is 6.13. The Bertz CT molecular complexity index is 422. The van der Waals surface area contributed by atoms with Crippen molar-refractivity contribution in [3.05, 3.63) is 11.7 Å². The third kappa shape index (κ3) is 4.76. The highest BCUT2D eigenvalue weighted by molar-refractivity contribution is 4.97. The maximum atomic E-state index is 5.58. The van der Waals surface area contributed by atoms with Crippen LogP contribution in [0.2, 0.25) is 0 Å². The molecule has 0 bridgehead atoms. The topological polar surface area (TPSA) is 71.4 Å². The Kier molecular flexibility index (Phi) is 6.14. The van der Waals surface area contributed by atoms with Crippen molar-refractivity contribution in [1.82, 2.24) is 19.9 Å². The number of hydrogen-bond donors (Lipinski definition) is 1. The molecule has 0 amide bonds. The van der Waals surface area contributed by atoms with Crippen molar-refractivity contribution in [3.63, 3.8) is 0 Å². The van der Waals surface area contributed by atoms with E-state index in [1.54, 1.807) is 0 Å². The lowest BCUT2D eigenvalue weighted by Gasteiger charge is -2.24. The predicted molar refractivity (Wildman–Crippen MR) is 82.9 cm³/mol. The van der Waals surface area contributed by atoms with Gasteiger partial charge in [-0.3, -0.25) is 4.90 Å². The Morgan fingerprint density at radius 1 is 1.33 bits per heavy atom. The van der Waals surface area contributed by atoms with Gasteiger partial charge in [-0.05, 0) is 58.9 Å². The van der Waals surface area contributed by atoms with Gasteiger partial charge in [0.25, 0.3) is 0 Å².